The number of methoxy groups -OCH3 is 1. The molecule has 2 aromatic carbocycles. The molecular formula is C24H30NO4+. The van der Waals surface area contributed by atoms with E-state index in [0.29, 0.717) is 6.04 Å². The van der Waals surface area contributed by atoms with Crippen LogP contribution in [0.2, 0.25) is 0 Å². The van der Waals surface area contributed by atoms with Crippen molar-refractivity contribution < 1.29 is 23.5 Å². The molecule has 29 heavy (non-hydrogen) atoms. The van der Waals surface area contributed by atoms with Crippen LogP contribution >= 0.6 is 0 Å². The Morgan fingerprint density at radius 1 is 1.17 bits per heavy atom. The van der Waals surface area contributed by atoms with Gasteiger partial charge in [0.05, 0.1) is 33.3 Å². The highest BCUT2D eigenvalue weighted by molar-refractivity contribution is 5.74. The Hall–Kier alpha value is -2.53. The molecule has 0 aliphatic carbocycles. The second-order valence-corrected chi connectivity index (χ2v) is 8.59. The molecule has 1 unspecified atom stereocenters. The van der Waals surface area contributed by atoms with Crippen LogP contribution in [0.3, 0.4) is 0 Å². The van der Waals surface area contributed by atoms with Crippen LogP contribution in [0.5, 0.6) is 17.2 Å². The number of aldehydes is 1. The lowest BCUT2D eigenvalue weighted by Crippen LogP contribution is -2.48. The van der Waals surface area contributed by atoms with Crippen molar-refractivity contribution in [1.82, 2.24) is 0 Å². The van der Waals surface area contributed by atoms with Crippen molar-refractivity contribution in [2.75, 3.05) is 34.5 Å². The Bertz CT molecular complexity index is 889. The van der Waals surface area contributed by atoms with E-state index in [2.05, 4.69) is 32.3 Å². The Morgan fingerprint density at radius 3 is 2.69 bits per heavy atom. The molecule has 0 spiro atoms. The molecule has 2 heterocycles. The second-order valence-electron chi connectivity index (χ2n) is 8.59. The summed E-state index contributed by atoms with van der Waals surface area (Å²) in [6.45, 7) is 1.37. The first-order valence-corrected chi connectivity index (χ1v) is 10.4. The van der Waals surface area contributed by atoms with Crippen LogP contribution in [0, 0.1) is 0 Å². The summed E-state index contributed by atoms with van der Waals surface area (Å²) in [7, 11) is 6.36. The molecule has 0 saturated carbocycles. The van der Waals surface area contributed by atoms with Crippen LogP contribution in [0.1, 0.15) is 52.4 Å². The van der Waals surface area contributed by atoms with Gasteiger partial charge in [-0.15, -0.1) is 0 Å². The molecule has 2 aromatic rings. The predicted octanol–water partition coefficient (Wildman–Crippen LogP) is 4.32. The van der Waals surface area contributed by atoms with Gasteiger partial charge in [-0.2, -0.15) is 0 Å². The van der Waals surface area contributed by atoms with E-state index in [4.69, 9.17) is 14.2 Å². The number of unbranched alkanes of at least 4 members (excludes halogenated alkanes) is 1. The van der Waals surface area contributed by atoms with E-state index < -0.39 is 0 Å². The number of ether oxygens (including phenoxy) is 3. The van der Waals surface area contributed by atoms with E-state index in [1.807, 2.05) is 12.1 Å². The van der Waals surface area contributed by atoms with Gasteiger partial charge in [-0.1, -0.05) is 24.3 Å². The van der Waals surface area contributed by atoms with Gasteiger partial charge < -0.3 is 18.7 Å². The average Bonchev–Trinajstić information content (AvgIpc) is 3.19. The standard InChI is InChI=1S/C24H30NO4/c1-25(2)13-12-19-14-21-23(29-16-28-21)24(27-3)22(19)20(25)7-5-4-6-17-8-10-18(15-26)11-9-17/h8-11,14-15,20H,4-7,12-13,16H2,1-3H3/q+1. The van der Waals surface area contributed by atoms with Crippen molar-refractivity contribution in [3.05, 3.63) is 52.6 Å². The lowest BCUT2D eigenvalue weighted by molar-refractivity contribution is -0.923. The van der Waals surface area contributed by atoms with Crippen molar-refractivity contribution in [2.24, 2.45) is 0 Å². The normalized spacial score (nSPS) is 18.9. The van der Waals surface area contributed by atoms with Gasteiger partial charge in [0.2, 0.25) is 12.5 Å². The molecule has 0 N–H and O–H groups in total. The predicted molar refractivity (Wildman–Crippen MR) is 112 cm³/mol. The van der Waals surface area contributed by atoms with Gasteiger partial charge >= 0.3 is 0 Å². The third kappa shape index (κ3) is 3.84. The number of carbonyl (C=O) groups excluding carboxylic acids is 1. The number of hydrogen-bond donors (Lipinski definition) is 0. The monoisotopic (exact) mass is 396 g/mol. The fourth-order valence-corrected chi connectivity index (χ4v) is 4.69. The lowest BCUT2D eigenvalue weighted by Gasteiger charge is -2.43. The molecule has 0 radical (unpaired) electrons. The fourth-order valence-electron chi connectivity index (χ4n) is 4.69. The lowest BCUT2D eigenvalue weighted by atomic mass is 9.86. The number of carbonyl (C=O) groups is 1. The molecule has 1 atom stereocenters. The van der Waals surface area contributed by atoms with Crippen molar-refractivity contribution in [3.63, 3.8) is 0 Å². The highest BCUT2D eigenvalue weighted by Gasteiger charge is 2.40. The van der Waals surface area contributed by atoms with Gasteiger partial charge in [-0.25, -0.2) is 0 Å². The number of aryl methyl sites for hydroxylation is 1. The first-order chi connectivity index (χ1) is 14.0. The highest BCUT2D eigenvalue weighted by atomic mass is 16.7. The molecule has 5 heteroatoms. The maximum Gasteiger partial charge on any atom is 0.231 e. The molecule has 0 aromatic heterocycles. The van der Waals surface area contributed by atoms with Gasteiger partial charge in [0, 0.05) is 18.4 Å². The maximum absolute atomic E-state index is 10.8. The van der Waals surface area contributed by atoms with Gasteiger partial charge in [0.15, 0.2) is 11.5 Å². The van der Waals surface area contributed by atoms with Gasteiger partial charge in [0.25, 0.3) is 0 Å². The van der Waals surface area contributed by atoms with E-state index in [0.717, 1.165) is 72.2 Å². The van der Waals surface area contributed by atoms with E-state index >= 15 is 0 Å². The summed E-state index contributed by atoms with van der Waals surface area (Å²) in [6, 6.07) is 10.4. The van der Waals surface area contributed by atoms with E-state index in [1.54, 1.807) is 7.11 Å². The van der Waals surface area contributed by atoms with Gasteiger partial charge in [0.1, 0.15) is 12.3 Å². The summed E-state index contributed by atoms with van der Waals surface area (Å²) in [5, 5.41) is 0. The van der Waals surface area contributed by atoms with E-state index in [-0.39, 0.29) is 6.79 Å². The SMILES string of the molecule is COc1c2c(cc3c1C(CCCCc1ccc(C=O)cc1)[N+](C)(C)CC3)OCO2. The quantitative estimate of drug-likeness (QED) is 0.397. The van der Waals surface area contributed by atoms with Crippen molar-refractivity contribution in [2.45, 2.75) is 38.1 Å². The maximum atomic E-state index is 10.8. The average molecular weight is 397 g/mol. The Labute approximate surface area is 172 Å². The highest BCUT2D eigenvalue weighted by Crippen LogP contribution is 2.51. The van der Waals surface area contributed by atoms with Crippen LogP contribution in [0.4, 0.5) is 0 Å². The summed E-state index contributed by atoms with van der Waals surface area (Å²) in [6.07, 6.45) is 6.31. The van der Waals surface area contributed by atoms with Crippen LogP contribution in [0.15, 0.2) is 30.3 Å². The zero-order valence-electron chi connectivity index (χ0n) is 17.6. The number of quaternary nitrogens is 1. The van der Waals surface area contributed by atoms with Crippen LogP contribution < -0.4 is 14.2 Å². The molecule has 2 aliphatic heterocycles. The first-order valence-electron chi connectivity index (χ1n) is 10.4. The molecule has 5 nitrogen and oxygen atoms in total. The zero-order valence-corrected chi connectivity index (χ0v) is 17.6. The summed E-state index contributed by atoms with van der Waals surface area (Å²) < 4.78 is 18.1. The smallest absolute Gasteiger partial charge is 0.231 e. The zero-order chi connectivity index (χ0) is 20.4. The van der Waals surface area contributed by atoms with E-state index in [1.165, 1.54) is 16.7 Å². The second kappa shape index (κ2) is 8.07. The number of fused-ring (bicyclic) bond motifs is 2. The third-order valence-corrected chi connectivity index (χ3v) is 6.39. The number of benzene rings is 2. The Morgan fingerprint density at radius 2 is 1.97 bits per heavy atom. The number of likely N-dealkylation sites (N-methyl/N-ethyl adjacent to an activating group) is 1. The van der Waals surface area contributed by atoms with Gasteiger partial charge in [-0.3, -0.25) is 4.79 Å². The van der Waals surface area contributed by atoms with Crippen molar-refractivity contribution in [1.29, 1.82) is 0 Å². The molecule has 0 amide bonds. The Kier molecular flexibility index (Phi) is 5.50. The molecule has 154 valence electrons. The summed E-state index contributed by atoms with van der Waals surface area (Å²) >= 11 is 0. The number of hydrogen-bond acceptors (Lipinski definition) is 4. The summed E-state index contributed by atoms with van der Waals surface area (Å²) in [4.78, 5) is 10.8. The van der Waals surface area contributed by atoms with Gasteiger partial charge in [-0.05, 0) is 36.5 Å². The molecule has 0 saturated heterocycles. The summed E-state index contributed by atoms with van der Waals surface area (Å²) in [5.41, 5.74) is 4.65. The summed E-state index contributed by atoms with van der Waals surface area (Å²) in [5.74, 6) is 2.43. The topological polar surface area (TPSA) is 44.8 Å². The Balaban J connectivity index is 1.50. The minimum Gasteiger partial charge on any atom is -0.492 e. The van der Waals surface area contributed by atoms with E-state index in [9.17, 15) is 4.79 Å². The minimum atomic E-state index is 0.264. The molecule has 2 aliphatic rings. The number of nitrogens with zero attached hydrogens (tertiary/aromatic N) is 1. The first kappa shape index (κ1) is 19.8. The molecule has 4 rings (SSSR count). The molecule has 0 fully saturated rings. The van der Waals surface area contributed by atoms with Crippen LogP contribution in [0.25, 0.3) is 0 Å². The number of rotatable bonds is 7. The van der Waals surface area contributed by atoms with Crippen molar-refractivity contribution >= 4 is 6.29 Å². The largest absolute Gasteiger partial charge is 0.492 e. The van der Waals surface area contributed by atoms with Crippen LogP contribution in [-0.4, -0.2) is 45.3 Å². The molecule has 0 bridgehead atoms. The fraction of sp³-hybridized carbons (Fsp3) is 0.458. The van der Waals surface area contributed by atoms with Crippen molar-refractivity contribution in [3.8, 4) is 17.2 Å². The minimum absolute atomic E-state index is 0.264. The third-order valence-electron chi connectivity index (χ3n) is 6.39. The van der Waals surface area contributed by atoms with Crippen LogP contribution in [-0.2, 0) is 12.8 Å². The molecular weight excluding hydrogens is 366 g/mol.